The van der Waals surface area contributed by atoms with Crippen LogP contribution in [0.2, 0.25) is 0 Å². The Morgan fingerprint density at radius 2 is 2.12 bits per heavy atom. The summed E-state index contributed by atoms with van der Waals surface area (Å²) in [5.41, 5.74) is 1.33. The molecule has 2 unspecified atom stereocenters. The van der Waals surface area contributed by atoms with Crippen molar-refractivity contribution in [2.24, 2.45) is 11.8 Å². The summed E-state index contributed by atoms with van der Waals surface area (Å²) in [5.74, 6) is 2.02. The van der Waals surface area contributed by atoms with Gasteiger partial charge in [0.1, 0.15) is 12.4 Å². The molecule has 0 aromatic heterocycles. The van der Waals surface area contributed by atoms with Crippen molar-refractivity contribution in [3.05, 3.63) is 85.0 Å². The second-order valence-corrected chi connectivity index (χ2v) is 8.55. The third kappa shape index (κ3) is 9.40. The van der Waals surface area contributed by atoms with Crippen molar-refractivity contribution >= 4 is 5.78 Å². The van der Waals surface area contributed by atoms with E-state index in [2.05, 4.69) is 41.1 Å². The Morgan fingerprint density at radius 3 is 2.97 bits per heavy atom. The number of nitrogens with one attached hydrogen (secondary N) is 1. The van der Waals surface area contributed by atoms with Gasteiger partial charge in [0, 0.05) is 37.7 Å². The SMILES string of the molecule is C=C/C=C\C(=C\C/C=C/C(=O)CC/C=C/C1C=C2NC=CC2CC1)OCCN1CCOCC1. The number of carbonyl (C=O) groups excluding carboxylic acids is 1. The molecule has 0 aromatic carbocycles. The lowest BCUT2D eigenvalue weighted by molar-refractivity contribution is -0.114. The van der Waals surface area contributed by atoms with Gasteiger partial charge in [0.05, 0.1) is 13.2 Å². The molecule has 178 valence electrons. The predicted octanol–water partition coefficient (Wildman–Crippen LogP) is 4.84. The lowest BCUT2D eigenvalue weighted by Crippen LogP contribution is -2.38. The molecule has 2 heterocycles. The van der Waals surface area contributed by atoms with Crippen LogP contribution in [-0.4, -0.2) is 50.1 Å². The van der Waals surface area contributed by atoms with Gasteiger partial charge in [-0.3, -0.25) is 9.69 Å². The Hall–Kier alpha value is -2.63. The molecule has 5 heteroatoms. The average molecular weight is 451 g/mol. The van der Waals surface area contributed by atoms with E-state index in [1.54, 1.807) is 12.2 Å². The summed E-state index contributed by atoms with van der Waals surface area (Å²) in [6, 6.07) is 0. The number of allylic oxidation sites excluding steroid dienone is 10. The van der Waals surface area contributed by atoms with Crippen molar-refractivity contribution in [2.45, 2.75) is 32.1 Å². The highest BCUT2D eigenvalue weighted by Gasteiger charge is 2.21. The molecule has 2 atom stereocenters. The van der Waals surface area contributed by atoms with Gasteiger partial charge in [-0.05, 0) is 56.0 Å². The van der Waals surface area contributed by atoms with E-state index in [9.17, 15) is 4.79 Å². The van der Waals surface area contributed by atoms with Crippen molar-refractivity contribution < 1.29 is 14.3 Å². The first kappa shape index (κ1) is 25.0. The lowest BCUT2D eigenvalue weighted by Gasteiger charge is -2.26. The zero-order valence-electron chi connectivity index (χ0n) is 19.7. The largest absolute Gasteiger partial charge is 0.493 e. The summed E-state index contributed by atoms with van der Waals surface area (Å²) in [7, 11) is 0. The van der Waals surface area contributed by atoms with E-state index >= 15 is 0 Å². The first-order valence-corrected chi connectivity index (χ1v) is 12.2. The van der Waals surface area contributed by atoms with Crippen molar-refractivity contribution in [2.75, 3.05) is 39.5 Å². The molecule has 2 aliphatic heterocycles. The molecule has 1 aliphatic carbocycles. The van der Waals surface area contributed by atoms with Gasteiger partial charge >= 0.3 is 0 Å². The monoisotopic (exact) mass is 450 g/mol. The number of nitrogens with zero attached hydrogens (tertiary/aromatic N) is 1. The zero-order chi connectivity index (χ0) is 23.1. The van der Waals surface area contributed by atoms with Gasteiger partial charge in [-0.2, -0.15) is 0 Å². The van der Waals surface area contributed by atoms with E-state index in [1.807, 2.05) is 30.5 Å². The molecule has 33 heavy (non-hydrogen) atoms. The van der Waals surface area contributed by atoms with Crippen LogP contribution in [0.1, 0.15) is 32.1 Å². The molecule has 1 N–H and O–H groups in total. The maximum absolute atomic E-state index is 12.2. The van der Waals surface area contributed by atoms with Crippen LogP contribution in [0, 0.1) is 11.8 Å². The molecule has 5 nitrogen and oxygen atoms in total. The molecule has 3 rings (SSSR count). The number of morpholine rings is 1. The van der Waals surface area contributed by atoms with E-state index in [0.29, 0.717) is 31.3 Å². The Labute approximate surface area is 198 Å². The summed E-state index contributed by atoms with van der Waals surface area (Å²) in [6.07, 6.45) is 26.4. The Kier molecular flexibility index (Phi) is 11.0. The van der Waals surface area contributed by atoms with Crippen molar-refractivity contribution in [1.82, 2.24) is 10.2 Å². The number of carbonyl (C=O) groups is 1. The van der Waals surface area contributed by atoms with E-state index in [4.69, 9.17) is 9.47 Å². The van der Waals surface area contributed by atoms with Gasteiger partial charge in [-0.15, -0.1) is 0 Å². The van der Waals surface area contributed by atoms with Crippen molar-refractivity contribution in [3.8, 4) is 0 Å². The van der Waals surface area contributed by atoms with Gasteiger partial charge < -0.3 is 14.8 Å². The smallest absolute Gasteiger partial charge is 0.155 e. The quantitative estimate of drug-likeness (QED) is 0.188. The van der Waals surface area contributed by atoms with E-state index in [-0.39, 0.29) is 5.78 Å². The third-order valence-electron chi connectivity index (χ3n) is 6.06. The van der Waals surface area contributed by atoms with E-state index in [1.165, 1.54) is 18.5 Å². The van der Waals surface area contributed by atoms with Crippen molar-refractivity contribution in [3.63, 3.8) is 0 Å². The third-order valence-corrected chi connectivity index (χ3v) is 6.06. The molecular formula is C28H38N2O3. The van der Waals surface area contributed by atoms with Gasteiger partial charge in [0.2, 0.25) is 0 Å². The Bertz CT molecular complexity index is 813. The standard InChI is InChI=1S/C28H38N2O3/c1-2-3-11-27(33-22-19-30-17-20-32-21-18-30)12-7-6-10-26(31)9-5-4-8-24-13-14-25-15-16-29-28(25)23-24/h2-4,6,8,10-12,15-16,23-25,29H,1,5,7,9,13-14,17-22H2/b8-4+,10-6+,11-3-,27-12-. The van der Waals surface area contributed by atoms with Gasteiger partial charge in [0.15, 0.2) is 5.78 Å². The molecule has 0 bridgehead atoms. The number of hydrogen-bond donors (Lipinski definition) is 1. The highest BCUT2D eigenvalue weighted by Crippen LogP contribution is 2.31. The Balaban J connectivity index is 1.33. The number of rotatable bonds is 13. The number of ether oxygens (including phenoxy) is 2. The van der Waals surface area contributed by atoms with Crippen LogP contribution in [-0.2, 0) is 14.3 Å². The van der Waals surface area contributed by atoms with Crippen LogP contribution in [0.25, 0.3) is 0 Å². The fourth-order valence-electron chi connectivity index (χ4n) is 4.15. The number of fused-ring (bicyclic) bond motifs is 1. The number of ketones is 1. The summed E-state index contributed by atoms with van der Waals surface area (Å²) < 4.78 is 11.3. The minimum atomic E-state index is 0.160. The number of hydrogen-bond acceptors (Lipinski definition) is 5. The molecule has 0 saturated carbocycles. The minimum Gasteiger partial charge on any atom is -0.493 e. The van der Waals surface area contributed by atoms with E-state index < -0.39 is 0 Å². The van der Waals surface area contributed by atoms with Crippen LogP contribution in [0.15, 0.2) is 85.0 Å². The normalized spacial score (nSPS) is 23.8. The van der Waals surface area contributed by atoms with Gasteiger partial charge in [-0.1, -0.05) is 49.1 Å². The second kappa shape index (κ2) is 14.5. The van der Waals surface area contributed by atoms with Gasteiger partial charge in [0.25, 0.3) is 0 Å². The highest BCUT2D eigenvalue weighted by molar-refractivity contribution is 5.89. The van der Waals surface area contributed by atoms with E-state index in [0.717, 1.165) is 45.0 Å². The van der Waals surface area contributed by atoms with Gasteiger partial charge in [-0.25, -0.2) is 0 Å². The molecule has 1 fully saturated rings. The minimum absolute atomic E-state index is 0.160. The molecule has 1 saturated heterocycles. The fraction of sp³-hybridized carbons (Fsp3) is 0.464. The van der Waals surface area contributed by atoms with Crippen LogP contribution in [0.5, 0.6) is 0 Å². The molecule has 0 radical (unpaired) electrons. The summed E-state index contributed by atoms with van der Waals surface area (Å²) in [5, 5.41) is 3.33. The lowest BCUT2D eigenvalue weighted by atomic mass is 9.86. The first-order valence-electron chi connectivity index (χ1n) is 12.2. The zero-order valence-corrected chi connectivity index (χ0v) is 19.7. The maximum atomic E-state index is 12.2. The molecule has 0 spiro atoms. The van der Waals surface area contributed by atoms with Crippen LogP contribution in [0.3, 0.4) is 0 Å². The fourth-order valence-corrected chi connectivity index (χ4v) is 4.15. The first-order chi connectivity index (χ1) is 16.2. The molecule has 0 amide bonds. The van der Waals surface area contributed by atoms with Crippen molar-refractivity contribution in [1.29, 1.82) is 0 Å². The van der Waals surface area contributed by atoms with Crippen LogP contribution < -0.4 is 5.32 Å². The Morgan fingerprint density at radius 1 is 1.24 bits per heavy atom. The molecule has 3 aliphatic rings. The van der Waals surface area contributed by atoms with Crippen LogP contribution >= 0.6 is 0 Å². The topological polar surface area (TPSA) is 50.8 Å². The summed E-state index contributed by atoms with van der Waals surface area (Å²) in [4.78, 5) is 14.5. The van der Waals surface area contributed by atoms with Crippen LogP contribution in [0.4, 0.5) is 0 Å². The average Bonchev–Trinajstić information content (AvgIpc) is 3.31. The molecular weight excluding hydrogens is 412 g/mol. The maximum Gasteiger partial charge on any atom is 0.155 e. The summed E-state index contributed by atoms with van der Waals surface area (Å²) in [6.45, 7) is 8.74. The molecule has 0 aromatic rings. The summed E-state index contributed by atoms with van der Waals surface area (Å²) >= 11 is 0. The highest BCUT2D eigenvalue weighted by atomic mass is 16.5. The predicted molar refractivity (Wildman–Crippen MR) is 134 cm³/mol. The second-order valence-electron chi connectivity index (χ2n) is 8.55.